The lowest BCUT2D eigenvalue weighted by molar-refractivity contribution is -0.277. The maximum atomic E-state index is 13.1. The Hall–Kier alpha value is -3.40. The number of carbonyl (C=O) groups excluding carboxylic acids is 2. The molecule has 0 bridgehead atoms. The summed E-state index contributed by atoms with van der Waals surface area (Å²) < 4.78 is 18.7. The smallest absolute Gasteiger partial charge is 0.266 e. The molecule has 0 saturated carbocycles. The molecule has 6 rings (SSSR count). The van der Waals surface area contributed by atoms with Gasteiger partial charge in [-0.25, -0.2) is 4.90 Å². The lowest BCUT2D eigenvalue weighted by Crippen LogP contribution is -2.47. The van der Waals surface area contributed by atoms with Gasteiger partial charge < -0.3 is 19.3 Å². The zero-order valence-electron chi connectivity index (χ0n) is 21.9. The first-order valence-corrected chi connectivity index (χ1v) is 13.4. The van der Waals surface area contributed by atoms with Crippen molar-refractivity contribution in [1.29, 1.82) is 0 Å². The van der Waals surface area contributed by atoms with E-state index < -0.39 is 6.29 Å². The van der Waals surface area contributed by atoms with Gasteiger partial charge in [-0.05, 0) is 35.4 Å². The average Bonchev–Trinajstić information content (AvgIpc) is 3.24. The first-order chi connectivity index (χ1) is 19.0. The summed E-state index contributed by atoms with van der Waals surface area (Å²) in [6, 6.07) is 22.0. The van der Waals surface area contributed by atoms with E-state index in [-0.39, 0.29) is 36.5 Å². The molecule has 3 aromatic carbocycles. The number of carbonyl (C=O) groups is 2. The molecule has 0 unspecified atom stereocenters. The minimum absolute atomic E-state index is 0.0165. The predicted octanol–water partition coefficient (Wildman–Crippen LogP) is 4.10. The summed E-state index contributed by atoms with van der Waals surface area (Å²) >= 11 is 0. The highest BCUT2D eigenvalue weighted by Gasteiger charge is 2.40. The number of nitrogens with zero attached hydrogens (tertiary/aromatic N) is 2. The van der Waals surface area contributed by atoms with Crippen LogP contribution in [0.4, 0.5) is 5.69 Å². The molecule has 1 N–H and O–H groups in total. The standard InChI is InChI=1S/C31H32N2O6/c1-20-27(18-32-13-15-37-16-14-32)38-31(39-28(20)22-11-9-21(19-34)10-12-22)23-5-4-6-24(17-23)33-29(35)25-7-2-3-8-26(25)30(33)36/h2-12,17,20,27-28,31,34H,13-16,18-19H2,1H3/t20-,27+,28+,31+/m0/s1. The second-order valence-corrected chi connectivity index (χ2v) is 10.3. The van der Waals surface area contributed by atoms with Crippen LogP contribution in [0.5, 0.6) is 0 Å². The number of benzene rings is 3. The van der Waals surface area contributed by atoms with Crippen molar-refractivity contribution in [2.45, 2.75) is 32.0 Å². The van der Waals surface area contributed by atoms with Crippen molar-refractivity contribution in [3.63, 3.8) is 0 Å². The number of rotatable bonds is 6. The van der Waals surface area contributed by atoms with Gasteiger partial charge >= 0.3 is 0 Å². The fourth-order valence-corrected chi connectivity index (χ4v) is 5.60. The van der Waals surface area contributed by atoms with Gasteiger partial charge in [-0.1, -0.05) is 55.5 Å². The van der Waals surface area contributed by atoms with Crippen LogP contribution in [0, 0.1) is 5.92 Å². The van der Waals surface area contributed by atoms with E-state index in [0.29, 0.717) is 30.0 Å². The van der Waals surface area contributed by atoms with E-state index in [9.17, 15) is 14.7 Å². The van der Waals surface area contributed by atoms with Crippen LogP contribution in [0.25, 0.3) is 0 Å². The van der Waals surface area contributed by atoms with Crippen LogP contribution in [0.3, 0.4) is 0 Å². The van der Waals surface area contributed by atoms with E-state index in [1.807, 2.05) is 36.4 Å². The molecule has 0 spiro atoms. The van der Waals surface area contributed by atoms with Gasteiger partial charge in [0.25, 0.3) is 11.8 Å². The van der Waals surface area contributed by atoms with Crippen molar-refractivity contribution < 1.29 is 28.9 Å². The van der Waals surface area contributed by atoms with Crippen molar-refractivity contribution in [3.8, 4) is 0 Å². The van der Waals surface area contributed by atoms with Crippen LogP contribution in [0.15, 0.2) is 72.8 Å². The van der Waals surface area contributed by atoms with Crippen molar-refractivity contribution in [1.82, 2.24) is 4.90 Å². The Balaban J connectivity index is 1.30. The molecule has 39 heavy (non-hydrogen) atoms. The summed E-state index contributed by atoms with van der Waals surface area (Å²) in [7, 11) is 0. The summed E-state index contributed by atoms with van der Waals surface area (Å²) in [6.07, 6.45) is -1.05. The van der Waals surface area contributed by atoms with Gasteiger partial charge in [0.15, 0.2) is 6.29 Å². The predicted molar refractivity (Wildman–Crippen MR) is 144 cm³/mol. The SMILES string of the molecule is C[C@H]1[C@@H](CN2CCOCC2)O[C@@H](c2cccc(N3C(=O)c4ccccc4C3=O)c2)O[C@H]1c1ccc(CO)cc1. The molecule has 3 aliphatic heterocycles. The average molecular weight is 529 g/mol. The molecule has 4 atom stereocenters. The summed E-state index contributed by atoms with van der Waals surface area (Å²) in [6.45, 7) is 5.98. The first kappa shape index (κ1) is 25.9. The van der Waals surface area contributed by atoms with Crippen LogP contribution in [0.1, 0.15) is 56.7 Å². The number of fused-ring (bicyclic) bond motifs is 1. The molecule has 0 radical (unpaired) electrons. The van der Waals surface area contributed by atoms with E-state index in [4.69, 9.17) is 14.2 Å². The van der Waals surface area contributed by atoms with Crippen LogP contribution >= 0.6 is 0 Å². The van der Waals surface area contributed by atoms with Crippen LogP contribution in [-0.2, 0) is 20.8 Å². The molecule has 8 heteroatoms. The highest BCUT2D eigenvalue weighted by Crippen LogP contribution is 2.42. The maximum absolute atomic E-state index is 13.1. The summed E-state index contributed by atoms with van der Waals surface area (Å²) in [5.74, 6) is -0.610. The molecular weight excluding hydrogens is 496 g/mol. The van der Waals surface area contributed by atoms with Gasteiger partial charge in [0.2, 0.25) is 0 Å². The number of aliphatic hydroxyl groups is 1. The largest absolute Gasteiger partial charge is 0.392 e. The second-order valence-electron chi connectivity index (χ2n) is 10.3. The minimum atomic E-state index is -0.690. The monoisotopic (exact) mass is 528 g/mol. The zero-order chi connectivity index (χ0) is 26.9. The Labute approximate surface area is 227 Å². The molecule has 202 valence electrons. The Morgan fingerprint density at radius 1 is 0.846 bits per heavy atom. The van der Waals surface area contributed by atoms with Gasteiger partial charge in [-0.3, -0.25) is 14.5 Å². The van der Waals surface area contributed by atoms with E-state index >= 15 is 0 Å². The summed E-state index contributed by atoms with van der Waals surface area (Å²) in [5.41, 5.74) is 3.88. The topological polar surface area (TPSA) is 88.5 Å². The number of anilines is 1. The Kier molecular flexibility index (Phi) is 7.29. The number of imide groups is 1. The van der Waals surface area contributed by atoms with E-state index in [1.54, 1.807) is 36.4 Å². The second kappa shape index (κ2) is 11.0. The molecule has 0 aromatic heterocycles. The number of ether oxygens (including phenoxy) is 3. The van der Waals surface area contributed by atoms with Crippen molar-refractivity contribution in [2.24, 2.45) is 5.92 Å². The van der Waals surface area contributed by atoms with Gasteiger partial charge in [0.1, 0.15) is 0 Å². The highest BCUT2D eigenvalue weighted by atomic mass is 16.7. The number of hydrogen-bond donors (Lipinski definition) is 1. The highest BCUT2D eigenvalue weighted by molar-refractivity contribution is 6.34. The maximum Gasteiger partial charge on any atom is 0.266 e. The zero-order valence-corrected chi connectivity index (χ0v) is 21.9. The lowest BCUT2D eigenvalue weighted by Gasteiger charge is -2.43. The fraction of sp³-hybridized carbons (Fsp3) is 0.355. The number of amides is 2. The molecule has 3 aliphatic rings. The number of hydrogen-bond acceptors (Lipinski definition) is 7. The van der Waals surface area contributed by atoms with Crippen LogP contribution < -0.4 is 4.90 Å². The van der Waals surface area contributed by atoms with Gasteiger partial charge in [0, 0.05) is 31.1 Å². The van der Waals surface area contributed by atoms with Crippen molar-refractivity contribution in [3.05, 3.63) is 101 Å². The third-order valence-corrected chi connectivity index (χ3v) is 7.86. The molecule has 3 heterocycles. The number of aliphatic hydroxyl groups excluding tert-OH is 1. The Morgan fingerprint density at radius 3 is 2.21 bits per heavy atom. The third kappa shape index (κ3) is 5.02. The summed E-state index contributed by atoms with van der Waals surface area (Å²) in [5, 5.41) is 9.50. The molecule has 2 fully saturated rings. The van der Waals surface area contributed by atoms with Crippen molar-refractivity contribution >= 4 is 17.5 Å². The normalized spacial score (nSPS) is 25.6. The molecule has 2 saturated heterocycles. The van der Waals surface area contributed by atoms with E-state index in [0.717, 1.165) is 36.3 Å². The Morgan fingerprint density at radius 2 is 1.54 bits per heavy atom. The van der Waals surface area contributed by atoms with Gasteiger partial charge in [-0.15, -0.1) is 0 Å². The van der Waals surface area contributed by atoms with Gasteiger partial charge in [0.05, 0.1) is 48.8 Å². The molecule has 3 aromatic rings. The lowest BCUT2D eigenvalue weighted by atomic mass is 9.90. The molecular formula is C31H32N2O6. The molecule has 8 nitrogen and oxygen atoms in total. The number of morpholine rings is 1. The van der Waals surface area contributed by atoms with Gasteiger partial charge in [-0.2, -0.15) is 0 Å². The van der Waals surface area contributed by atoms with E-state index in [2.05, 4.69) is 11.8 Å². The van der Waals surface area contributed by atoms with Crippen LogP contribution in [0.2, 0.25) is 0 Å². The minimum Gasteiger partial charge on any atom is -0.392 e. The Bertz CT molecular complexity index is 1320. The summed E-state index contributed by atoms with van der Waals surface area (Å²) in [4.78, 5) is 29.8. The molecule has 0 aliphatic carbocycles. The molecule has 2 amide bonds. The van der Waals surface area contributed by atoms with Crippen LogP contribution in [-0.4, -0.2) is 60.8 Å². The quantitative estimate of drug-likeness (QED) is 0.482. The van der Waals surface area contributed by atoms with Crippen molar-refractivity contribution in [2.75, 3.05) is 37.7 Å². The first-order valence-electron chi connectivity index (χ1n) is 13.4. The van der Waals surface area contributed by atoms with E-state index in [1.165, 1.54) is 4.90 Å². The fourth-order valence-electron chi connectivity index (χ4n) is 5.60. The third-order valence-electron chi connectivity index (χ3n) is 7.86.